The summed E-state index contributed by atoms with van der Waals surface area (Å²) in [4.78, 5) is 28.1. The van der Waals surface area contributed by atoms with Gasteiger partial charge in [0.15, 0.2) is 0 Å². The molecular weight excluding hydrogens is 306 g/mol. The molecule has 5 nitrogen and oxygen atoms in total. The number of amides is 1. The maximum Gasteiger partial charge on any atom is 0.271 e. The van der Waals surface area contributed by atoms with E-state index >= 15 is 0 Å². The Labute approximate surface area is 128 Å². The monoisotopic (exact) mass is 319 g/mol. The van der Waals surface area contributed by atoms with Crippen LogP contribution in [0, 0.1) is 0 Å². The van der Waals surface area contributed by atoms with Gasteiger partial charge in [0.25, 0.3) is 5.56 Å². The van der Waals surface area contributed by atoms with E-state index < -0.39 is 0 Å². The Morgan fingerprint density at radius 3 is 3.05 bits per heavy atom. The summed E-state index contributed by atoms with van der Waals surface area (Å²) in [6, 6.07) is 3.76. The van der Waals surface area contributed by atoms with Crippen molar-refractivity contribution in [3.8, 4) is 0 Å². The molecule has 7 heteroatoms. The number of carbonyl (C=O) groups excluding carboxylic acids is 1. The van der Waals surface area contributed by atoms with Crippen molar-refractivity contribution >= 4 is 38.8 Å². The van der Waals surface area contributed by atoms with Crippen molar-refractivity contribution in [2.75, 3.05) is 6.54 Å². The van der Waals surface area contributed by atoms with E-state index in [0.717, 1.165) is 11.1 Å². The van der Waals surface area contributed by atoms with Crippen molar-refractivity contribution in [3.05, 3.63) is 50.5 Å². The summed E-state index contributed by atoms with van der Waals surface area (Å²) < 4.78 is 2.19. The molecule has 0 spiro atoms. The van der Waals surface area contributed by atoms with Gasteiger partial charge in [-0.1, -0.05) is 0 Å². The highest BCUT2D eigenvalue weighted by atomic mass is 32.1. The Kier molecular flexibility index (Phi) is 4.12. The number of hydrogen-bond acceptors (Lipinski definition) is 5. The Balaban J connectivity index is 1.58. The molecule has 0 saturated carbocycles. The van der Waals surface area contributed by atoms with Gasteiger partial charge in [-0.2, -0.15) is 11.3 Å². The fraction of sp³-hybridized carbons (Fsp3) is 0.214. The molecule has 1 amide bonds. The molecule has 0 radical (unpaired) electrons. The fourth-order valence-corrected chi connectivity index (χ4v) is 3.46. The van der Waals surface area contributed by atoms with Crippen LogP contribution in [-0.4, -0.2) is 22.0 Å². The second kappa shape index (κ2) is 6.19. The number of aromatic nitrogens is 2. The van der Waals surface area contributed by atoms with Gasteiger partial charge in [0, 0.05) is 13.1 Å². The van der Waals surface area contributed by atoms with Crippen molar-refractivity contribution < 1.29 is 4.79 Å². The predicted octanol–water partition coefficient (Wildman–Crippen LogP) is 1.88. The van der Waals surface area contributed by atoms with Crippen molar-refractivity contribution in [3.63, 3.8) is 0 Å². The largest absolute Gasteiger partial charge is 0.354 e. The first-order valence-electron chi connectivity index (χ1n) is 6.44. The average molecular weight is 319 g/mol. The zero-order chi connectivity index (χ0) is 14.7. The van der Waals surface area contributed by atoms with Gasteiger partial charge in [0.05, 0.1) is 18.3 Å². The second-order valence-corrected chi connectivity index (χ2v) is 6.23. The van der Waals surface area contributed by atoms with Crippen LogP contribution in [-0.2, 0) is 17.8 Å². The lowest BCUT2D eigenvalue weighted by Gasteiger charge is -2.07. The molecule has 0 atom stereocenters. The lowest BCUT2D eigenvalue weighted by molar-refractivity contribution is -0.120. The highest BCUT2D eigenvalue weighted by Crippen LogP contribution is 2.12. The van der Waals surface area contributed by atoms with Crippen LogP contribution in [0.2, 0.25) is 0 Å². The highest BCUT2D eigenvalue weighted by Gasteiger charge is 2.06. The summed E-state index contributed by atoms with van der Waals surface area (Å²) in [5.41, 5.74) is 1.68. The number of fused-ring (bicyclic) bond motifs is 1. The number of hydrogen-bond donors (Lipinski definition) is 1. The van der Waals surface area contributed by atoms with E-state index in [1.54, 1.807) is 11.3 Å². The van der Waals surface area contributed by atoms with Crippen LogP contribution in [0.25, 0.3) is 10.2 Å². The van der Waals surface area contributed by atoms with Gasteiger partial charge in [-0.05, 0) is 33.8 Å². The SMILES string of the molecule is O=C(Cc1ccsc1)NCCn1cnc2ccsc2c1=O. The molecule has 21 heavy (non-hydrogen) atoms. The first-order chi connectivity index (χ1) is 10.2. The molecule has 3 rings (SSSR count). The Morgan fingerprint density at radius 1 is 1.33 bits per heavy atom. The third kappa shape index (κ3) is 3.20. The number of nitrogens with one attached hydrogen (secondary N) is 1. The van der Waals surface area contributed by atoms with Crippen LogP contribution in [0.5, 0.6) is 0 Å². The van der Waals surface area contributed by atoms with Gasteiger partial charge in [-0.3, -0.25) is 14.2 Å². The minimum absolute atomic E-state index is 0.0355. The number of thiophene rings is 2. The molecule has 0 unspecified atom stereocenters. The van der Waals surface area contributed by atoms with Crippen LogP contribution in [0.3, 0.4) is 0 Å². The third-order valence-corrected chi connectivity index (χ3v) is 4.68. The maximum atomic E-state index is 12.1. The van der Waals surface area contributed by atoms with Crippen LogP contribution < -0.4 is 10.9 Å². The quantitative estimate of drug-likeness (QED) is 0.781. The number of rotatable bonds is 5. The molecule has 0 aliphatic rings. The smallest absolute Gasteiger partial charge is 0.271 e. The van der Waals surface area contributed by atoms with E-state index in [0.29, 0.717) is 24.2 Å². The Bertz CT molecular complexity index is 805. The van der Waals surface area contributed by atoms with Gasteiger partial charge in [0.2, 0.25) is 5.91 Å². The van der Waals surface area contributed by atoms with Gasteiger partial charge in [-0.15, -0.1) is 11.3 Å². The number of nitrogens with zero attached hydrogens (tertiary/aromatic N) is 2. The predicted molar refractivity (Wildman–Crippen MR) is 84.9 cm³/mol. The van der Waals surface area contributed by atoms with E-state index in [1.165, 1.54) is 22.2 Å². The standard InChI is InChI=1S/C14H13N3O2S2/c18-12(7-10-1-5-20-8-10)15-3-4-17-9-16-11-2-6-21-13(11)14(17)19/h1-2,5-6,8-9H,3-4,7H2,(H,15,18). The van der Waals surface area contributed by atoms with Gasteiger partial charge in [-0.25, -0.2) is 4.98 Å². The van der Waals surface area contributed by atoms with Gasteiger partial charge < -0.3 is 5.32 Å². The van der Waals surface area contributed by atoms with E-state index in [-0.39, 0.29) is 11.5 Å². The molecule has 3 aromatic heterocycles. The summed E-state index contributed by atoms with van der Waals surface area (Å²) in [6.45, 7) is 0.844. The zero-order valence-corrected chi connectivity index (χ0v) is 12.7. The lowest BCUT2D eigenvalue weighted by atomic mass is 10.2. The molecule has 3 heterocycles. The zero-order valence-electron chi connectivity index (χ0n) is 11.1. The summed E-state index contributed by atoms with van der Waals surface area (Å²) in [7, 11) is 0. The van der Waals surface area contributed by atoms with E-state index in [2.05, 4.69) is 10.3 Å². The molecule has 108 valence electrons. The summed E-state index contributed by atoms with van der Waals surface area (Å²) in [6.07, 6.45) is 1.91. The molecule has 0 saturated heterocycles. The van der Waals surface area contributed by atoms with Crippen molar-refractivity contribution in [2.24, 2.45) is 0 Å². The normalized spacial score (nSPS) is 10.9. The summed E-state index contributed by atoms with van der Waals surface area (Å²) in [5.74, 6) is -0.0355. The maximum absolute atomic E-state index is 12.1. The number of carbonyl (C=O) groups is 1. The minimum Gasteiger partial charge on any atom is -0.354 e. The van der Waals surface area contributed by atoms with Gasteiger partial charge in [0.1, 0.15) is 4.70 Å². The highest BCUT2D eigenvalue weighted by molar-refractivity contribution is 7.17. The van der Waals surface area contributed by atoms with E-state index in [1.807, 2.05) is 28.3 Å². The molecule has 0 bridgehead atoms. The summed E-state index contributed by atoms with van der Waals surface area (Å²) >= 11 is 2.96. The molecule has 0 aliphatic heterocycles. The van der Waals surface area contributed by atoms with Gasteiger partial charge >= 0.3 is 0 Å². The van der Waals surface area contributed by atoms with E-state index in [9.17, 15) is 9.59 Å². The second-order valence-electron chi connectivity index (χ2n) is 4.54. The van der Waals surface area contributed by atoms with Crippen LogP contribution in [0.4, 0.5) is 0 Å². The van der Waals surface area contributed by atoms with E-state index in [4.69, 9.17) is 0 Å². The Hall–Kier alpha value is -1.99. The van der Waals surface area contributed by atoms with Crippen LogP contribution in [0.1, 0.15) is 5.56 Å². The van der Waals surface area contributed by atoms with Crippen molar-refractivity contribution in [2.45, 2.75) is 13.0 Å². The average Bonchev–Trinajstić information content (AvgIpc) is 3.12. The molecule has 1 N–H and O–H groups in total. The summed E-state index contributed by atoms with van der Waals surface area (Å²) in [5, 5.41) is 8.58. The van der Waals surface area contributed by atoms with Crippen LogP contribution in [0.15, 0.2) is 39.4 Å². The lowest BCUT2D eigenvalue weighted by Crippen LogP contribution is -2.31. The fourth-order valence-electron chi connectivity index (χ4n) is 2.00. The first kappa shape index (κ1) is 14.0. The third-order valence-electron chi connectivity index (χ3n) is 3.06. The molecular formula is C14H13N3O2S2. The first-order valence-corrected chi connectivity index (χ1v) is 8.27. The molecule has 0 fully saturated rings. The molecule has 0 aliphatic carbocycles. The molecule has 3 aromatic rings. The topological polar surface area (TPSA) is 64.0 Å². The van der Waals surface area contributed by atoms with Crippen LogP contribution >= 0.6 is 22.7 Å². The molecule has 0 aromatic carbocycles. The Morgan fingerprint density at radius 2 is 2.24 bits per heavy atom. The van der Waals surface area contributed by atoms with Crippen molar-refractivity contribution in [1.82, 2.24) is 14.9 Å². The minimum atomic E-state index is -0.0536. The van der Waals surface area contributed by atoms with Crippen molar-refractivity contribution in [1.29, 1.82) is 0 Å².